The Hall–Kier alpha value is -1.13. The first-order valence-electron chi connectivity index (χ1n) is 7.29. The Bertz CT molecular complexity index is 464. The van der Waals surface area contributed by atoms with E-state index in [0.29, 0.717) is 6.04 Å². The summed E-state index contributed by atoms with van der Waals surface area (Å²) in [7, 11) is 5.54. The molecule has 0 aliphatic heterocycles. The molecule has 1 aliphatic carbocycles. The summed E-state index contributed by atoms with van der Waals surface area (Å²) in [6.07, 6.45) is 6.25. The van der Waals surface area contributed by atoms with Crippen LogP contribution >= 0.6 is 0 Å². The van der Waals surface area contributed by atoms with Gasteiger partial charge in [-0.2, -0.15) is 0 Å². The summed E-state index contributed by atoms with van der Waals surface area (Å²) in [4.78, 5) is 4.60. The highest BCUT2D eigenvalue weighted by Gasteiger charge is 2.44. The third kappa shape index (κ3) is 2.54. The fourth-order valence-electron chi connectivity index (χ4n) is 3.24. The number of nitrogens with one attached hydrogen (secondary N) is 1. The van der Waals surface area contributed by atoms with Crippen molar-refractivity contribution in [1.82, 2.24) is 10.3 Å². The quantitative estimate of drug-likeness (QED) is 0.868. The lowest BCUT2D eigenvalue weighted by atomic mass is 9.73. The summed E-state index contributed by atoms with van der Waals surface area (Å²) >= 11 is 0. The van der Waals surface area contributed by atoms with Gasteiger partial charge >= 0.3 is 0 Å². The minimum Gasteiger partial charge on any atom is -0.496 e. The Labute approximate surface area is 121 Å². The molecule has 1 atom stereocenters. The molecule has 1 heterocycles. The van der Waals surface area contributed by atoms with Crippen LogP contribution in [0.15, 0.2) is 6.20 Å². The van der Waals surface area contributed by atoms with Crippen LogP contribution in [0.2, 0.25) is 0 Å². The molecular formula is C16H26N2O2. The summed E-state index contributed by atoms with van der Waals surface area (Å²) in [5.41, 5.74) is 3.29. The van der Waals surface area contributed by atoms with Crippen LogP contribution in [0.4, 0.5) is 0 Å². The zero-order valence-corrected chi connectivity index (χ0v) is 13.2. The molecule has 1 N–H and O–H groups in total. The maximum atomic E-state index is 5.80. The van der Waals surface area contributed by atoms with Gasteiger partial charge < -0.3 is 14.8 Å². The van der Waals surface area contributed by atoms with Gasteiger partial charge in [-0.05, 0) is 40.2 Å². The van der Waals surface area contributed by atoms with E-state index in [0.717, 1.165) is 41.8 Å². The van der Waals surface area contributed by atoms with E-state index in [4.69, 9.17) is 9.47 Å². The van der Waals surface area contributed by atoms with Crippen LogP contribution in [-0.4, -0.2) is 37.9 Å². The van der Waals surface area contributed by atoms with Gasteiger partial charge in [0.05, 0.1) is 12.7 Å². The normalized spacial score (nSPS) is 18.4. The molecule has 1 aromatic heterocycles. The van der Waals surface area contributed by atoms with Gasteiger partial charge in [-0.1, -0.05) is 0 Å². The summed E-state index contributed by atoms with van der Waals surface area (Å²) in [5.74, 6) is 0.949. The Morgan fingerprint density at radius 2 is 2.05 bits per heavy atom. The second-order valence-electron chi connectivity index (χ2n) is 5.71. The zero-order chi connectivity index (χ0) is 14.8. The van der Waals surface area contributed by atoms with Crippen molar-refractivity contribution in [3.05, 3.63) is 23.0 Å². The van der Waals surface area contributed by atoms with E-state index in [1.165, 1.54) is 6.42 Å². The molecule has 0 bridgehead atoms. The molecule has 1 aromatic rings. The Morgan fingerprint density at radius 1 is 1.35 bits per heavy atom. The number of rotatable bonds is 6. The fourth-order valence-corrected chi connectivity index (χ4v) is 3.24. The molecule has 0 saturated heterocycles. The van der Waals surface area contributed by atoms with Crippen molar-refractivity contribution in [3.8, 4) is 5.75 Å². The van der Waals surface area contributed by atoms with Crippen molar-refractivity contribution in [2.24, 2.45) is 0 Å². The van der Waals surface area contributed by atoms with Gasteiger partial charge in [-0.25, -0.2) is 0 Å². The maximum Gasteiger partial charge on any atom is 0.128 e. The van der Waals surface area contributed by atoms with Gasteiger partial charge in [0.15, 0.2) is 0 Å². The number of nitrogens with zero attached hydrogens (tertiary/aromatic N) is 1. The first-order valence-corrected chi connectivity index (χ1v) is 7.29. The van der Waals surface area contributed by atoms with E-state index in [9.17, 15) is 0 Å². The van der Waals surface area contributed by atoms with E-state index in [1.807, 2.05) is 27.3 Å². The molecule has 4 nitrogen and oxygen atoms in total. The van der Waals surface area contributed by atoms with Crippen molar-refractivity contribution in [2.75, 3.05) is 21.3 Å². The average molecular weight is 278 g/mol. The molecule has 0 spiro atoms. The van der Waals surface area contributed by atoms with Crippen LogP contribution < -0.4 is 10.1 Å². The number of aryl methyl sites for hydroxylation is 1. The number of hydrogen-bond donors (Lipinski definition) is 1. The largest absolute Gasteiger partial charge is 0.496 e. The van der Waals surface area contributed by atoms with Crippen molar-refractivity contribution in [2.45, 2.75) is 51.2 Å². The highest BCUT2D eigenvalue weighted by molar-refractivity contribution is 5.41. The molecule has 0 radical (unpaired) electrons. The van der Waals surface area contributed by atoms with Gasteiger partial charge in [-0.15, -0.1) is 0 Å². The van der Waals surface area contributed by atoms with Gasteiger partial charge in [0.1, 0.15) is 5.75 Å². The van der Waals surface area contributed by atoms with E-state index >= 15 is 0 Å². The SMILES string of the molecule is CNC(Cc1ncc(C)c(OC)c1C)C1(OC)CCC1. The molecule has 2 rings (SSSR count). The van der Waals surface area contributed by atoms with E-state index < -0.39 is 0 Å². The molecule has 20 heavy (non-hydrogen) atoms. The molecule has 1 fully saturated rings. The van der Waals surface area contributed by atoms with Crippen LogP contribution in [-0.2, 0) is 11.2 Å². The smallest absolute Gasteiger partial charge is 0.128 e. The van der Waals surface area contributed by atoms with Crippen molar-refractivity contribution >= 4 is 0 Å². The molecule has 1 aliphatic rings. The summed E-state index contributed by atoms with van der Waals surface area (Å²) < 4.78 is 11.3. The van der Waals surface area contributed by atoms with Crippen molar-refractivity contribution in [3.63, 3.8) is 0 Å². The second kappa shape index (κ2) is 6.10. The standard InChI is InChI=1S/C16H26N2O2/c1-11-10-18-13(12(2)15(11)19-4)9-14(17-3)16(20-5)7-6-8-16/h10,14,17H,6-9H2,1-5H3. The van der Waals surface area contributed by atoms with Crippen LogP contribution in [0.5, 0.6) is 5.75 Å². The molecule has 1 saturated carbocycles. The van der Waals surface area contributed by atoms with Crippen LogP contribution in [0, 0.1) is 13.8 Å². The Kier molecular flexibility index (Phi) is 4.66. The summed E-state index contributed by atoms with van der Waals surface area (Å²) in [6, 6.07) is 0.292. The molecule has 0 amide bonds. The van der Waals surface area contributed by atoms with Gasteiger partial charge in [0.2, 0.25) is 0 Å². The third-order valence-electron chi connectivity index (χ3n) is 4.74. The minimum atomic E-state index is -0.0268. The lowest BCUT2D eigenvalue weighted by Crippen LogP contribution is -2.56. The van der Waals surface area contributed by atoms with Gasteiger partial charge in [0.25, 0.3) is 0 Å². The van der Waals surface area contributed by atoms with E-state index in [2.05, 4.69) is 17.2 Å². The monoisotopic (exact) mass is 278 g/mol. The number of aromatic nitrogens is 1. The summed E-state index contributed by atoms with van der Waals surface area (Å²) in [5, 5.41) is 3.42. The highest BCUT2D eigenvalue weighted by Crippen LogP contribution is 2.39. The second-order valence-corrected chi connectivity index (χ2v) is 5.71. The number of methoxy groups -OCH3 is 2. The first-order chi connectivity index (χ1) is 9.57. The van der Waals surface area contributed by atoms with Crippen LogP contribution in [0.25, 0.3) is 0 Å². The van der Waals surface area contributed by atoms with Gasteiger partial charge in [-0.3, -0.25) is 4.98 Å². The first kappa shape index (κ1) is 15.3. The minimum absolute atomic E-state index is 0.0268. The van der Waals surface area contributed by atoms with Crippen molar-refractivity contribution in [1.29, 1.82) is 0 Å². The van der Waals surface area contributed by atoms with E-state index in [1.54, 1.807) is 7.11 Å². The van der Waals surface area contributed by atoms with E-state index in [-0.39, 0.29) is 5.60 Å². The number of ether oxygens (including phenoxy) is 2. The topological polar surface area (TPSA) is 43.4 Å². The number of hydrogen-bond acceptors (Lipinski definition) is 4. The molecule has 0 aromatic carbocycles. The van der Waals surface area contributed by atoms with Gasteiger partial charge in [0, 0.05) is 42.6 Å². The fraction of sp³-hybridized carbons (Fsp3) is 0.688. The molecule has 112 valence electrons. The third-order valence-corrected chi connectivity index (χ3v) is 4.74. The maximum absolute atomic E-state index is 5.80. The van der Waals surface area contributed by atoms with Crippen molar-refractivity contribution < 1.29 is 9.47 Å². The number of pyridine rings is 1. The zero-order valence-electron chi connectivity index (χ0n) is 13.2. The highest BCUT2D eigenvalue weighted by atomic mass is 16.5. The Morgan fingerprint density at radius 3 is 2.50 bits per heavy atom. The Balaban J connectivity index is 2.24. The lowest BCUT2D eigenvalue weighted by molar-refractivity contribution is -0.0968. The number of likely N-dealkylation sites (N-methyl/N-ethyl adjacent to an activating group) is 1. The lowest BCUT2D eigenvalue weighted by Gasteiger charge is -2.46. The average Bonchev–Trinajstić information content (AvgIpc) is 2.40. The summed E-state index contributed by atoms with van der Waals surface area (Å²) in [6.45, 7) is 4.11. The molecular weight excluding hydrogens is 252 g/mol. The molecule has 4 heteroatoms. The molecule has 1 unspecified atom stereocenters. The predicted molar refractivity (Wildman–Crippen MR) is 80.4 cm³/mol. The van der Waals surface area contributed by atoms with Crippen LogP contribution in [0.1, 0.15) is 36.1 Å². The van der Waals surface area contributed by atoms with Crippen LogP contribution in [0.3, 0.4) is 0 Å². The predicted octanol–water partition coefficient (Wildman–Crippen LogP) is 2.41.